The first-order valence-electron chi connectivity index (χ1n) is 7.49. The predicted octanol–water partition coefficient (Wildman–Crippen LogP) is 2.11. The van der Waals surface area contributed by atoms with Gasteiger partial charge in [-0.05, 0) is 38.3 Å². The molecule has 5 heteroatoms. The molecule has 1 heterocycles. The van der Waals surface area contributed by atoms with Crippen LogP contribution in [0.15, 0.2) is 29.1 Å². The fourth-order valence-corrected chi connectivity index (χ4v) is 2.55. The van der Waals surface area contributed by atoms with Crippen LogP contribution in [0.3, 0.4) is 0 Å². The first kappa shape index (κ1) is 15.5. The standard InChI is InChI=1S/C9H18N2O2.C7H4O/c12-9(13)11-5-2-1-3-8-4-6-10-7-8;8-7-5-3-1-2-4-6(5)7/h8,10-11H,1-7H2,(H,12,13);1-4H. The van der Waals surface area contributed by atoms with E-state index in [1.807, 2.05) is 24.3 Å². The van der Waals surface area contributed by atoms with E-state index in [1.165, 1.54) is 12.8 Å². The predicted molar refractivity (Wildman–Crippen MR) is 83.4 cm³/mol. The van der Waals surface area contributed by atoms with Gasteiger partial charge in [-0.25, -0.2) is 4.79 Å². The van der Waals surface area contributed by atoms with Crippen LogP contribution in [0.1, 0.15) is 25.7 Å². The maximum atomic E-state index is 10.5. The highest BCUT2D eigenvalue weighted by molar-refractivity contribution is 5.96. The molecule has 114 valence electrons. The molecule has 3 rings (SSSR count). The smallest absolute Gasteiger partial charge is 0.404 e. The van der Waals surface area contributed by atoms with Crippen LogP contribution in [0.2, 0.25) is 0 Å². The molecule has 0 bridgehead atoms. The number of carbonyl (C=O) groups is 1. The summed E-state index contributed by atoms with van der Waals surface area (Å²) in [5.41, 5.74) is 0.218. The summed E-state index contributed by atoms with van der Waals surface area (Å²) in [6.45, 7) is 2.89. The molecule has 0 radical (unpaired) electrons. The number of amides is 1. The average molecular weight is 290 g/mol. The Morgan fingerprint density at radius 3 is 2.52 bits per heavy atom. The fraction of sp³-hybridized carbons (Fsp3) is 0.500. The molecule has 1 saturated heterocycles. The van der Waals surface area contributed by atoms with E-state index in [9.17, 15) is 9.59 Å². The zero-order valence-electron chi connectivity index (χ0n) is 12.1. The van der Waals surface area contributed by atoms with Gasteiger partial charge in [-0.1, -0.05) is 30.7 Å². The van der Waals surface area contributed by atoms with Gasteiger partial charge in [-0.3, -0.25) is 4.79 Å². The molecule has 2 aromatic carbocycles. The summed E-state index contributed by atoms with van der Waals surface area (Å²) in [4.78, 5) is 20.6. The van der Waals surface area contributed by atoms with Crippen LogP contribution in [0.4, 0.5) is 4.79 Å². The Hall–Kier alpha value is -1.88. The third-order valence-electron chi connectivity index (χ3n) is 3.83. The highest BCUT2D eigenvalue weighted by atomic mass is 16.4. The van der Waals surface area contributed by atoms with Crippen molar-refractivity contribution >= 4 is 16.9 Å². The van der Waals surface area contributed by atoms with Gasteiger partial charge in [0.25, 0.3) is 0 Å². The van der Waals surface area contributed by atoms with Crippen molar-refractivity contribution in [1.29, 1.82) is 0 Å². The first-order chi connectivity index (χ1) is 10.2. The van der Waals surface area contributed by atoms with E-state index in [-0.39, 0.29) is 5.43 Å². The van der Waals surface area contributed by atoms with Crippen LogP contribution >= 0.6 is 0 Å². The van der Waals surface area contributed by atoms with Gasteiger partial charge in [0.05, 0.1) is 0 Å². The molecule has 0 saturated carbocycles. The van der Waals surface area contributed by atoms with Gasteiger partial charge in [0.15, 0.2) is 5.43 Å². The number of benzene rings is 1. The molecule has 1 atom stereocenters. The van der Waals surface area contributed by atoms with Crippen LogP contribution in [0.25, 0.3) is 10.8 Å². The number of rotatable bonds is 5. The second-order valence-electron chi connectivity index (χ2n) is 5.46. The Morgan fingerprint density at radius 1 is 1.29 bits per heavy atom. The van der Waals surface area contributed by atoms with Gasteiger partial charge in [-0.15, -0.1) is 0 Å². The summed E-state index contributed by atoms with van der Waals surface area (Å²) < 4.78 is 0. The number of unbranched alkanes of at least 4 members (excludes halogenated alkanes) is 1. The van der Waals surface area contributed by atoms with Gasteiger partial charge in [0.2, 0.25) is 0 Å². The highest BCUT2D eigenvalue weighted by Crippen LogP contribution is 2.14. The quantitative estimate of drug-likeness (QED) is 0.737. The topological polar surface area (TPSA) is 78.4 Å². The third kappa shape index (κ3) is 5.19. The van der Waals surface area contributed by atoms with Crippen LogP contribution in [-0.4, -0.2) is 30.8 Å². The molecule has 5 nitrogen and oxygen atoms in total. The summed E-state index contributed by atoms with van der Waals surface area (Å²) in [6, 6.07) is 7.45. The van der Waals surface area contributed by atoms with Crippen molar-refractivity contribution in [2.75, 3.05) is 19.6 Å². The van der Waals surface area contributed by atoms with Crippen molar-refractivity contribution in [3.63, 3.8) is 0 Å². The summed E-state index contributed by atoms with van der Waals surface area (Å²) in [6.07, 6.45) is 3.69. The molecule has 1 amide bonds. The summed E-state index contributed by atoms with van der Waals surface area (Å²) in [7, 11) is 0. The van der Waals surface area contributed by atoms with Crippen molar-refractivity contribution in [2.24, 2.45) is 5.92 Å². The lowest BCUT2D eigenvalue weighted by molar-refractivity contribution is 0.194. The molecule has 0 aromatic heterocycles. The van der Waals surface area contributed by atoms with Gasteiger partial charge in [0.1, 0.15) is 0 Å². The molecular weight excluding hydrogens is 268 g/mol. The van der Waals surface area contributed by atoms with E-state index in [0.717, 1.165) is 42.6 Å². The lowest BCUT2D eigenvalue weighted by atomic mass is 10.0. The molecule has 1 aliphatic heterocycles. The first-order valence-corrected chi connectivity index (χ1v) is 7.49. The van der Waals surface area contributed by atoms with Crippen molar-refractivity contribution < 1.29 is 9.90 Å². The molecule has 21 heavy (non-hydrogen) atoms. The molecule has 0 spiro atoms. The Kier molecular flexibility index (Phi) is 5.75. The van der Waals surface area contributed by atoms with Gasteiger partial charge in [-0.2, -0.15) is 0 Å². The van der Waals surface area contributed by atoms with E-state index in [0.29, 0.717) is 6.54 Å². The molecule has 2 aromatic rings. The monoisotopic (exact) mass is 290 g/mol. The SMILES string of the molecule is O=C(O)NCCCCC1CCNC1.O=c1c2ccccc12. The number of fused-ring (bicyclic) bond motifs is 1. The van der Waals surface area contributed by atoms with Crippen molar-refractivity contribution in [3.05, 3.63) is 34.5 Å². The van der Waals surface area contributed by atoms with Gasteiger partial charge < -0.3 is 15.7 Å². The minimum atomic E-state index is -0.914. The maximum Gasteiger partial charge on any atom is 0.404 e. The van der Waals surface area contributed by atoms with Gasteiger partial charge in [0, 0.05) is 17.3 Å². The van der Waals surface area contributed by atoms with Crippen molar-refractivity contribution in [2.45, 2.75) is 25.7 Å². The molecule has 0 aliphatic carbocycles. The summed E-state index contributed by atoms with van der Waals surface area (Å²) in [5.74, 6) is 0.824. The van der Waals surface area contributed by atoms with Crippen molar-refractivity contribution in [3.8, 4) is 0 Å². The zero-order valence-corrected chi connectivity index (χ0v) is 12.1. The lowest BCUT2D eigenvalue weighted by Crippen LogP contribution is -2.21. The van der Waals surface area contributed by atoms with Crippen LogP contribution in [-0.2, 0) is 0 Å². The molecule has 1 fully saturated rings. The Bertz CT molecular complexity index is 550. The maximum absolute atomic E-state index is 10.5. The number of nitrogens with one attached hydrogen (secondary N) is 2. The Balaban J connectivity index is 0.000000170. The average Bonchev–Trinajstić information content (AvgIpc) is 2.90. The summed E-state index contributed by atoms with van der Waals surface area (Å²) >= 11 is 0. The second kappa shape index (κ2) is 7.78. The molecular formula is C16H22N2O3. The zero-order chi connectivity index (χ0) is 15.1. The van der Waals surface area contributed by atoms with Crippen LogP contribution < -0.4 is 16.1 Å². The van der Waals surface area contributed by atoms with Crippen LogP contribution in [0, 0.1) is 5.92 Å². The normalized spacial score (nSPS) is 17.6. The molecule has 3 N–H and O–H groups in total. The van der Waals surface area contributed by atoms with E-state index in [4.69, 9.17) is 5.11 Å². The van der Waals surface area contributed by atoms with Gasteiger partial charge >= 0.3 is 6.09 Å². The van der Waals surface area contributed by atoms with Crippen LogP contribution in [0.5, 0.6) is 0 Å². The Labute approximate surface area is 124 Å². The minimum Gasteiger partial charge on any atom is -0.465 e. The van der Waals surface area contributed by atoms with E-state index in [2.05, 4.69) is 10.6 Å². The highest BCUT2D eigenvalue weighted by Gasteiger charge is 2.13. The largest absolute Gasteiger partial charge is 0.465 e. The minimum absolute atomic E-state index is 0.218. The molecule has 1 unspecified atom stereocenters. The van der Waals surface area contributed by atoms with E-state index >= 15 is 0 Å². The van der Waals surface area contributed by atoms with E-state index < -0.39 is 6.09 Å². The number of carboxylic acid groups (broad SMARTS) is 1. The fourth-order valence-electron chi connectivity index (χ4n) is 2.55. The number of hydrogen-bond donors (Lipinski definition) is 3. The third-order valence-corrected chi connectivity index (χ3v) is 3.83. The number of hydrogen-bond acceptors (Lipinski definition) is 3. The van der Waals surface area contributed by atoms with Crippen molar-refractivity contribution in [1.82, 2.24) is 10.6 Å². The second-order valence-corrected chi connectivity index (χ2v) is 5.46. The van der Waals surface area contributed by atoms with E-state index in [1.54, 1.807) is 0 Å². The lowest BCUT2D eigenvalue weighted by Gasteiger charge is -2.06. The summed E-state index contributed by atoms with van der Waals surface area (Å²) in [5, 5.41) is 15.8. The Morgan fingerprint density at radius 2 is 2.00 bits per heavy atom. The molecule has 1 aliphatic rings.